The molecule has 1 aromatic heterocycles. The maximum atomic E-state index is 14.7. The molecule has 34 heavy (non-hydrogen) atoms. The van der Waals surface area contributed by atoms with Crippen molar-refractivity contribution >= 4 is 17.7 Å². The van der Waals surface area contributed by atoms with Gasteiger partial charge in [0.1, 0.15) is 23.1 Å². The standard InChI is InChI=1S/C24H27FN4O4S/c1-31-16-9-10-21(32-2)18(14-16)23(30)26-12-11-22-27-28-24(34-15-17-6-5-13-33-17)29(22)20-8-4-3-7-19(20)25/h3-4,7-10,14,17H,5-6,11-13,15H2,1-2H3,(H,26,30)/t17-/m1/s1. The van der Waals surface area contributed by atoms with Crippen LogP contribution in [0.4, 0.5) is 4.39 Å². The fourth-order valence-electron chi connectivity index (χ4n) is 3.75. The Hall–Kier alpha value is -3.11. The van der Waals surface area contributed by atoms with Crippen molar-refractivity contribution in [3.8, 4) is 17.2 Å². The van der Waals surface area contributed by atoms with Gasteiger partial charge < -0.3 is 19.5 Å². The Morgan fingerprint density at radius 2 is 2.09 bits per heavy atom. The van der Waals surface area contributed by atoms with Gasteiger partial charge in [0.05, 0.1) is 31.6 Å². The molecule has 180 valence electrons. The van der Waals surface area contributed by atoms with Crippen molar-refractivity contribution in [3.05, 3.63) is 59.7 Å². The second kappa shape index (κ2) is 11.3. The number of hydrogen-bond acceptors (Lipinski definition) is 7. The normalized spacial score (nSPS) is 15.3. The lowest BCUT2D eigenvalue weighted by molar-refractivity contribution is 0.0950. The lowest BCUT2D eigenvalue weighted by Gasteiger charge is -2.13. The SMILES string of the molecule is COc1ccc(OC)c(C(=O)NCCc2nnc(SC[C@H]3CCCO3)n2-c2ccccc2F)c1. The molecule has 1 fully saturated rings. The Kier molecular flexibility index (Phi) is 8.02. The predicted octanol–water partition coefficient (Wildman–Crippen LogP) is 3.67. The van der Waals surface area contributed by atoms with E-state index >= 15 is 0 Å². The number of carbonyl (C=O) groups is 1. The second-order valence-electron chi connectivity index (χ2n) is 7.70. The number of para-hydroxylation sites is 1. The van der Waals surface area contributed by atoms with E-state index in [-0.39, 0.29) is 24.4 Å². The van der Waals surface area contributed by atoms with Gasteiger partial charge >= 0.3 is 0 Å². The van der Waals surface area contributed by atoms with Crippen molar-refractivity contribution in [2.24, 2.45) is 0 Å². The first-order valence-corrected chi connectivity index (χ1v) is 12.0. The minimum atomic E-state index is -0.368. The largest absolute Gasteiger partial charge is 0.497 e. The van der Waals surface area contributed by atoms with Gasteiger partial charge in [-0.25, -0.2) is 4.39 Å². The molecule has 10 heteroatoms. The van der Waals surface area contributed by atoms with Crippen LogP contribution in [-0.4, -0.2) is 59.9 Å². The third-order valence-electron chi connectivity index (χ3n) is 5.50. The molecule has 0 bridgehead atoms. The number of ether oxygens (including phenoxy) is 3. The third-order valence-corrected chi connectivity index (χ3v) is 6.56. The van der Waals surface area contributed by atoms with Crippen LogP contribution in [0.1, 0.15) is 29.0 Å². The number of hydrogen-bond donors (Lipinski definition) is 1. The lowest BCUT2D eigenvalue weighted by Crippen LogP contribution is -2.27. The molecule has 0 saturated carbocycles. The van der Waals surface area contributed by atoms with Crippen molar-refractivity contribution in [2.75, 3.05) is 33.1 Å². The maximum absolute atomic E-state index is 14.7. The van der Waals surface area contributed by atoms with E-state index in [1.165, 1.54) is 32.0 Å². The number of aromatic nitrogens is 3. The van der Waals surface area contributed by atoms with E-state index in [0.29, 0.717) is 40.2 Å². The molecule has 0 aliphatic carbocycles. The van der Waals surface area contributed by atoms with Gasteiger partial charge in [0.2, 0.25) is 0 Å². The van der Waals surface area contributed by atoms with Gasteiger partial charge in [-0.15, -0.1) is 10.2 Å². The molecule has 4 rings (SSSR count). The summed E-state index contributed by atoms with van der Waals surface area (Å²) in [6, 6.07) is 11.5. The van der Waals surface area contributed by atoms with Crippen molar-refractivity contribution < 1.29 is 23.4 Å². The topological polar surface area (TPSA) is 87.5 Å². The van der Waals surface area contributed by atoms with Crippen LogP contribution in [0, 0.1) is 5.82 Å². The van der Waals surface area contributed by atoms with E-state index in [4.69, 9.17) is 14.2 Å². The van der Waals surface area contributed by atoms with Crippen molar-refractivity contribution in [3.63, 3.8) is 0 Å². The number of nitrogens with zero attached hydrogens (tertiary/aromatic N) is 3. The second-order valence-corrected chi connectivity index (χ2v) is 8.69. The number of rotatable bonds is 10. The van der Waals surface area contributed by atoms with Gasteiger partial charge in [0.15, 0.2) is 5.16 Å². The average molecular weight is 487 g/mol. The fraction of sp³-hybridized carbons (Fsp3) is 0.375. The molecule has 0 spiro atoms. The highest BCUT2D eigenvalue weighted by molar-refractivity contribution is 7.99. The minimum Gasteiger partial charge on any atom is -0.497 e. The number of amides is 1. The summed E-state index contributed by atoms with van der Waals surface area (Å²) in [5, 5.41) is 12.1. The van der Waals surface area contributed by atoms with Crippen LogP contribution in [0.15, 0.2) is 47.6 Å². The Bertz CT molecular complexity index is 1130. The molecule has 1 saturated heterocycles. The smallest absolute Gasteiger partial charge is 0.255 e. The fourth-order valence-corrected chi connectivity index (χ4v) is 4.78. The Morgan fingerprint density at radius 1 is 1.24 bits per heavy atom. The molecule has 8 nitrogen and oxygen atoms in total. The maximum Gasteiger partial charge on any atom is 0.255 e. The van der Waals surface area contributed by atoms with Crippen LogP contribution >= 0.6 is 11.8 Å². The number of methoxy groups -OCH3 is 2. The number of benzene rings is 2. The highest BCUT2D eigenvalue weighted by Gasteiger charge is 2.21. The van der Waals surface area contributed by atoms with Crippen molar-refractivity contribution in [1.29, 1.82) is 0 Å². The Balaban J connectivity index is 1.49. The van der Waals surface area contributed by atoms with Crippen LogP contribution in [-0.2, 0) is 11.2 Å². The molecule has 0 unspecified atom stereocenters. The minimum absolute atomic E-state index is 0.163. The van der Waals surface area contributed by atoms with Gasteiger partial charge in [-0.3, -0.25) is 9.36 Å². The van der Waals surface area contributed by atoms with Crippen LogP contribution in [0.25, 0.3) is 5.69 Å². The van der Waals surface area contributed by atoms with E-state index in [2.05, 4.69) is 15.5 Å². The molecule has 2 aromatic carbocycles. The summed E-state index contributed by atoms with van der Waals surface area (Å²) in [6.07, 6.45) is 2.58. The zero-order chi connectivity index (χ0) is 23.9. The summed E-state index contributed by atoms with van der Waals surface area (Å²) in [5.74, 6) is 1.60. The average Bonchev–Trinajstić information content (AvgIpc) is 3.52. The molecule has 1 aliphatic rings. The Morgan fingerprint density at radius 3 is 2.82 bits per heavy atom. The van der Waals surface area contributed by atoms with Gasteiger partial charge in [-0.05, 0) is 43.2 Å². The molecule has 1 amide bonds. The number of carbonyl (C=O) groups excluding carboxylic acids is 1. The zero-order valence-electron chi connectivity index (χ0n) is 19.1. The quantitative estimate of drug-likeness (QED) is 0.438. The summed E-state index contributed by atoms with van der Waals surface area (Å²) in [6.45, 7) is 1.05. The number of halogens is 1. The highest BCUT2D eigenvalue weighted by atomic mass is 32.2. The molecule has 1 atom stereocenters. The predicted molar refractivity (Wildman–Crippen MR) is 127 cm³/mol. The van der Waals surface area contributed by atoms with E-state index in [0.717, 1.165) is 25.2 Å². The van der Waals surface area contributed by atoms with Gasteiger partial charge in [-0.1, -0.05) is 23.9 Å². The molecule has 2 heterocycles. The van der Waals surface area contributed by atoms with Gasteiger partial charge in [0, 0.05) is 25.3 Å². The van der Waals surface area contributed by atoms with Crippen molar-refractivity contribution in [1.82, 2.24) is 20.1 Å². The van der Waals surface area contributed by atoms with E-state index in [9.17, 15) is 9.18 Å². The van der Waals surface area contributed by atoms with Crippen LogP contribution in [0.5, 0.6) is 11.5 Å². The number of thioether (sulfide) groups is 1. The first-order chi connectivity index (χ1) is 16.6. The van der Waals surface area contributed by atoms with Gasteiger partial charge in [-0.2, -0.15) is 0 Å². The summed E-state index contributed by atoms with van der Waals surface area (Å²) in [7, 11) is 3.04. The summed E-state index contributed by atoms with van der Waals surface area (Å²) < 4.78 is 32.6. The van der Waals surface area contributed by atoms with E-state index in [1.807, 2.05) is 0 Å². The van der Waals surface area contributed by atoms with Crippen LogP contribution in [0.2, 0.25) is 0 Å². The monoisotopic (exact) mass is 486 g/mol. The van der Waals surface area contributed by atoms with Crippen LogP contribution in [0.3, 0.4) is 0 Å². The van der Waals surface area contributed by atoms with Crippen LogP contribution < -0.4 is 14.8 Å². The molecular formula is C24H27FN4O4S. The summed E-state index contributed by atoms with van der Waals surface area (Å²) >= 11 is 1.49. The molecule has 1 aliphatic heterocycles. The summed E-state index contributed by atoms with van der Waals surface area (Å²) in [4.78, 5) is 12.8. The Labute approximate surface area is 201 Å². The first-order valence-electron chi connectivity index (χ1n) is 11.0. The summed E-state index contributed by atoms with van der Waals surface area (Å²) in [5.41, 5.74) is 0.739. The zero-order valence-corrected chi connectivity index (χ0v) is 19.9. The van der Waals surface area contributed by atoms with Gasteiger partial charge in [0.25, 0.3) is 5.91 Å². The molecule has 1 N–H and O–H groups in total. The highest BCUT2D eigenvalue weighted by Crippen LogP contribution is 2.27. The van der Waals surface area contributed by atoms with E-state index < -0.39 is 0 Å². The first kappa shape index (κ1) is 24.0. The van der Waals surface area contributed by atoms with Crippen molar-refractivity contribution in [2.45, 2.75) is 30.5 Å². The molecule has 0 radical (unpaired) electrons. The lowest BCUT2D eigenvalue weighted by atomic mass is 10.1. The molecule has 3 aromatic rings. The third kappa shape index (κ3) is 5.51. The molecular weight excluding hydrogens is 459 g/mol. The van der Waals surface area contributed by atoms with E-state index in [1.54, 1.807) is 41.0 Å². The number of nitrogens with one attached hydrogen (secondary N) is 1.